The van der Waals surface area contributed by atoms with Crippen molar-refractivity contribution in [2.45, 2.75) is 12.5 Å². The predicted molar refractivity (Wildman–Crippen MR) is 99.4 cm³/mol. The Bertz CT molecular complexity index is 944. The SMILES string of the molecule is Nc1nccnc1[C@@H]1CN(C(=O)Cc2ccc3ccccc3c2)CCO1. The van der Waals surface area contributed by atoms with E-state index in [1.165, 1.54) is 5.39 Å². The number of anilines is 1. The topological polar surface area (TPSA) is 81.3 Å². The van der Waals surface area contributed by atoms with Gasteiger partial charge in [0.2, 0.25) is 5.91 Å². The van der Waals surface area contributed by atoms with E-state index in [1.807, 2.05) is 23.1 Å². The number of nitrogens with two attached hydrogens (primary N) is 1. The van der Waals surface area contributed by atoms with Crippen molar-refractivity contribution < 1.29 is 9.53 Å². The number of aromatic nitrogens is 2. The zero-order valence-electron chi connectivity index (χ0n) is 14.3. The van der Waals surface area contributed by atoms with Crippen LogP contribution in [-0.2, 0) is 16.0 Å². The fraction of sp³-hybridized carbons (Fsp3) is 0.250. The predicted octanol–water partition coefficient (Wildman–Crippen LogP) is 2.35. The number of amides is 1. The summed E-state index contributed by atoms with van der Waals surface area (Å²) in [5.41, 5.74) is 7.50. The minimum Gasteiger partial charge on any atom is -0.382 e. The van der Waals surface area contributed by atoms with E-state index < -0.39 is 0 Å². The maximum absolute atomic E-state index is 12.8. The van der Waals surface area contributed by atoms with Crippen molar-refractivity contribution in [3.05, 3.63) is 66.1 Å². The lowest BCUT2D eigenvalue weighted by Crippen LogP contribution is -2.43. The van der Waals surface area contributed by atoms with E-state index in [9.17, 15) is 4.79 Å². The first-order valence-electron chi connectivity index (χ1n) is 8.64. The maximum Gasteiger partial charge on any atom is 0.227 e. The Balaban J connectivity index is 1.47. The number of benzene rings is 2. The molecular formula is C20H20N4O2. The van der Waals surface area contributed by atoms with Crippen molar-refractivity contribution >= 4 is 22.5 Å². The van der Waals surface area contributed by atoms with E-state index in [4.69, 9.17) is 10.5 Å². The van der Waals surface area contributed by atoms with E-state index in [0.717, 1.165) is 10.9 Å². The van der Waals surface area contributed by atoms with Crippen LogP contribution in [0.25, 0.3) is 10.8 Å². The molecule has 0 radical (unpaired) electrons. The first-order chi connectivity index (χ1) is 12.7. The molecule has 1 atom stereocenters. The Morgan fingerprint density at radius 2 is 1.96 bits per heavy atom. The molecule has 0 saturated carbocycles. The molecule has 0 bridgehead atoms. The average Bonchev–Trinajstić information content (AvgIpc) is 2.68. The molecule has 2 N–H and O–H groups in total. The van der Waals surface area contributed by atoms with Crippen molar-refractivity contribution in [1.82, 2.24) is 14.9 Å². The third kappa shape index (κ3) is 3.36. The van der Waals surface area contributed by atoms with Crippen LogP contribution >= 0.6 is 0 Å². The van der Waals surface area contributed by atoms with E-state index in [0.29, 0.717) is 37.6 Å². The molecule has 6 nitrogen and oxygen atoms in total. The highest BCUT2D eigenvalue weighted by Gasteiger charge is 2.27. The van der Waals surface area contributed by atoms with Crippen LogP contribution < -0.4 is 5.73 Å². The Hall–Kier alpha value is -2.99. The molecule has 1 saturated heterocycles. The van der Waals surface area contributed by atoms with Gasteiger partial charge in [-0.25, -0.2) is 4.98 Å². The van der Waals surface area contributed by atoms with Crippen molar-refractivity contribution in [3.8, 4) is 0 Å². The van der Waals surface area contributed by atoms with Gasteiger partial charge >= 0.3 is 0 Å². The van der Waals surface area contributed by atoms with Crippen LogP contribution in [0.15, 0.2) is 54.9 Å². The Kier molecular flexibility index (Phi) is 4.50. The summed E-state index contributed by atoms with van der Waals surface area (Å²) in [5.74, 6) is 0.428. The van der Waals surface area contributed by atoms with Gasteiger partial charge < -0.3 is 15.4 Å². The first-order valence-corrected chi connectivity index (χ1v) is 8.64. The lowest BCUT2D eigenvalue weighted by Gasteiger charge is -2.33. The number of fused-ring (bicyclic) bond motifs is 1. The van der Waals surface area contributed by atoms with E-state index >= 15 is 0 Å². The number of morpholine rings is 1. The lowest BCUT2D eigenvalue weighted by molar-refractivity contribution is -0.138. The number of carbonyl (C=O) groups excluding carboxylic acids is 1. The van der Waals surface area contributed by atoms with Gasteiger partial charge in [-0.3, -0.25) is 9.78 Å². The van der Waals surface area contributed by atoms with Gasteiger partial charge in [0.05, 0.1) is 19.6 Å². The van der Waals surface area contributed by atoms with Crippen LogP contribution in [0.2, 0.25) is 0 Å². The summed E-state index contributed by atoms with van der Waals surface area (Å²) < 4.78 is 5.76. The lowest BCUT2D eigenvalue weighted by atomic mass is 10.0. The van der Waals surface area contributed by atoms with E-state index in [1.54, 1.807) is 12.4 Å². The normalized spacial score (nSPS) is 17.4. The van der Waals surface area contributed by atoms with Gasteiger partial charge in [0.1, 0.15) is 17.6 Å². The quantitative estimate of drug-likeness (QED) is 0.786. The van der Waals surface area contributed by atoms with Crippen LogP contribution in [0, 0.1) is 0 Å². The Labute approximate surface area is 151 Å². The number of nitrogen functional groups attached to an aromatic ring is 1. The van der Waals surface area contributed by atoms with Gasteiger partial charge in [-0.15, -0.1) is 0 Å². The summed E-state index contributed by atoms with van der Waals surface area (Å²) in [6, 6.07) is 14.3. The molecule has 2 aromatic carbocycles. The second kappa shape index (κ2) is 7.09. The number of ether oxygens (including phenoxy) is 1. The minimum atomic E-state index is -0.335. The van der Waals surface area contributed by atoms with Crippen LogP contribution in [0.3, 0.4) is 0 Å². The molecular weight excluding hydrogens is 328 g/mol. The number of hydrogen-bond donors (Lipinski definition) is 1. The highest BCUT2D eigenvalue weighted by Crippen LogP contribution is 2.24. The number of nitrogens with zero attached hydrogens (tertiary/aromatic N) is 3. The summed E-state index contributed by atoms with van der Waals surface area (Å²) >= 11 is 0. The highest BCUT2D eigenvalue weighted by molar-refractivity contribution is 5.85. The molecule has 4 rings (SSSR count). The smallest absolute Gasteiger partial charge is 0.227 e. The van der Waals surface area contributed by atoms with Gasteiger partial charge in [-0.2, -0.15) is 0 Å². The Morgan fingerprint density at radius 1 is 1.15 bits per heavy atom. The second-order valence-corrected chi connectivity index (χ2v) is 6.38. The molecule has 3 aromatic rings. The maximum atomic E-state index is 12.8. The summed E-state index contributed by atoms with van der Waals surface area (Å²) in [6.45, 7) is 1.47. The minimum absolute atomic E-state index is 0.0797. The van der Waals surface area contributed by atoms with Gasteiger partial charge in [0.25, 0.3) is 0 Å². The zero-order chi connectivity index (χ0) is 17.9. The third-order valence-electron chi connectivity index (χ3n) is 4.65. The van der Waals surface area contributed by atoms with Crippen LogP contribution in [0.4, 0.5) is 5.82 Å². The van der Waals surface area contributed by atoms with E-state index in [2.05, 4.69) is 34.2 Å². The van der Waals surface area contributed by atoms with Crippen LogP contribution in [0.1, 0.15) is 17.4 Å². The van der Waals surface area contributed by atoms with Gasteiger partial charge in [-0.1, -0.05) is 42.5 Å². The highest BCUT2D eigenvalue weighted by atomic mass is 16.5. The molecule has 26 heavy (non-hydrogen) atoms. The number of carbonyl (C=O) groups is 1. The molecule has 1 amide bonds. The molecule has 1 aliphatic rings. The molecule has 0 aliphatic carbocycles. The van der Waals surface area contributed by atoms with Gasteiger partial charge in [0.15, 0.2) is 0 Å². The summed E-state index contributed by atoms with van der Waals surface area (Å²) in [4.78, 5) is 22.9. The average molecular weight is 348 g/mol. The second-order valence-electron chi connectivity index (χ2n) is 6.38. The summed E-state index contributed by atoms with van der Waals surface area (Å²) in [5, 5.41) is 2.32. The molecule has 1 aliphatic heterocycles. The molecule has 1 aromatic heterocycles. The van der Waals surface area contributed by atoms with Crippen LogP contribution in [-0.4, -0.2) is 40.5 Å². The molecule has 132 valence electrons. The molecule has 0 unspecified atom stereocenters. The standard InChI is InChI=1S/C20H20N4O2/c21-20-19(22-7-8-23-20)17-13-24(9-10-26-17)18(25)12-14-5-6-15-3-1-2-4-16(15)11-14/h1-8,11,17H,9-10,12-13H2,(H2,21,23)/t17-/m0/s1. The third-order valence-corrected chi connectivity index (χ3v) is 4.65. The summed E-state index contributed by atoms with van der Waals surface area (Å²) in [7, 11) is 0. The Morgan fingerprint density at radius 3 is 2.81 bits per heavy atom. The number of rotatable bonds is 3. The molecule has 1 fully saturated rings. The van der Waals surface area contributed by atoms with Crippen molar-refractivity contribution in [1.29, 1.82) is 0 Å². The first kappa shape index (κ1) is 16.5. The van der Waals surface area contributed by atoms with Crippen molar-refractivity contribution in [2.24, 2.45) is 0 Å². The molecule has 2 heterocycles. The van der Waals surface area contributed by atoms with Crippen molar-refractivity contribution in [2.75, 3.05) is 25.4 Å². The number of hydrogen-bond acceptors (Lipinski definition) is 5. The fourth-order valence-corrected chi connectivity index (χ4v) is 3.28. The molecule has 6 heteroatoms. The molecule has 0 spiro atoms. The van der Waals surface area contributed by atoms with Gasteiger partial charge in [0, 0.05) is 18.9 Å². The largest absolute Gasteiger partial charge is 0.382 e. The zero-order valence-corrected chi connectivity index (χ0v) is 14.3. The fourth-order valence-electron chi connectivity index (χ4n) is 3.28. The monoisotopic (exact) mass is 348 g/mol. The summed E-state index contributed by atoms with van der Waals surface area (Å²) in [6.07, 6.45) is 3.17. The van der Waals surface area contributed by atoms with Gasteiger partial charge in [-0.05, 0) is 16.3 Å². The van der Waals surface area contributed by atoms with Crippen molar-refractivity contribution in [3.63, 3.8) is 0 Å². The van der Waals surface area contributed by atoms with Crippen LogP contribution in [0.5, 0.6) is 0 Å². The van der Waals surface area contributed by atoms with E-state index in [-0.39, 0.29) is 12.0 Å².